The van der Waals surface area contributed by atoms with Crippen LogP contribution in [-0.4, -0.2) is 13.1 Å². The predicted octanol–water partition coefficient (Wildman–Crippen LogP) is 4.08. The Labute approximate surface area is 111 Å². The van der Waals surface area contributed by atoms with E-state index in [0.717, 1.165) is 12.5 Å². The number of hydrogen-bond acceptors (Lipinski definition) is 2. The Morgan fingerprint density at radius 1 is 1.50 bits per heavy atom. The van der Waals surface area contributed by atoms with E-state index in [-0.39, 0.29) is 0 Å². The molecular formula is C13H20BrNS. The molecule has 1 aliphatic rings. The van der Waals surface area contributed by atoms with Crippen LogP contribution < -0.4 is 5.32 Å². The van der Waals surface area contributed by atoms with Crippen LogP contribution in [0.3, 0.4) is 0 Å². The van der Waals surface area contributed by atoms with Crippen LogP contribution in [0.5, 0.6) is 0 Å². The molecule has 1 fully saturated rings. The molecule has 0 bridgehead atoms. The van der Waals surface area contributed by atoms with Gasteiger partial charge < -0.3 is 5.32 Å². The lowest BCUT2D eigenvalue weighted by Gasteiger charge is -2.16. The summed E-state index contributed by atoms with van der Waals surface area (Å²) in [6, 6.07) is 2.27. The first-order chi connectivity index (χ1) is 7.60. The SMILES string of the molecule is CC(C)CNCC1(Cc2cc(Br)cs2)CC1. The minimum Gasteiger partial charge on any atom is -0.316 e. The van der Waals surface area contributed by atoms with Crippen LogP contribution in [0.2, 0.25) is 0 Å². The van der Waals surface area contributed by atoms with E-state index in [1.54, 1.807) is 0 Å². The first-order valence-electron chi connectivity index (χ1n) is 6.03. The van der Waals surface area contributed by atoms with Crippen molar-refractivity contribution >= 4 is 27.3 Å². The number of rotatable bonds is 6. The summed E-state index contributed by atoms with van der Waals surface area (Å²) in [6.45, 7) is 6.88. The molecule has 0 unspecified atom stereocenters. The lowest BCUT2D eigenvalue weighted by atomic mass is 10.0. The summed E-state index contributed by atoms with van der Waals surface area (Å²) >= 11 is 5.41. The predicted molar refractivity (Wildman–Crippen MR) is 75.1 cm³/mol. The minimum atomic E-state index is 0.583. The molecular weight excluding hydrogens is 282 g/mol. The van der Waals surface area contributed by atoms with Crippen molar-refractivity contribution in [1.82, 2.24) is 5.32 Å². The van der Waals surface area contributed by atoms with Crippen molar-refractivity contribution in [3.05, 3.63) is 20.8 Å². The highest BCUT2D eigenvalue weighted by Crippen LogP contribution is 2.48. The van der Waals surface area contributed by atoms with E-state index in [4.69, 9.17) is 0 Å². The maximum Gasteiger partial charge on any atom is 0.0285 e. The zero-order valence-corrected chi connectivity index (χ0v) is 12.5. The molecule has 1 nitrogen and oxygen atoms in total. The maximum absolute atomic E-state index is 3.61. The zero-order chi connectivity index (χ0) is 11.6. The topological polar surface area (TPSA) is 12.0 Å². The summed E-state index contributed by atoms with van der Waals surface area (Å²) < 4.78 is 1.23. The number of nitrogens with one attached hydrogen (secondary N) is 1. The number of hydrogen-bond donors (Lipinski definition) is 1. The van der Waals surface area contributed by atoms with Crippen molar-refractivity contribution in [2.24, 2.45) is 11.3 Å². The molecule has 0 atom stereocenters. The summed E-state index contributed by atoms with van der Waals surface area (Å²) in [5.41, 5.74) is 0.583. The molecule has 0 aliphatic heterocycles. The van der Waals surface area contributed by atoms with Crippen LogP contribution >= 0.6 is 27.3 Å². The molecule has 1 saturated carbocycles. The van der Waals surface area contributed by atoms with Crippen LogP contribution in [-0.2, 0) is 6.42 Å². The van der Waals surface area contributed by atoms with Crippen molar-refractivity contribution in [3.63, 3.8) is 0 Å². The van der Waals surface area contributed by atoms with Crippen LogP contribution in [0, 0.1) is 11.3 Å². The zero-order valence-electron chi connectivity index (χ0n) is 10.1. The maximum atomic E-state index is 3.61. The van der Waals surface area contributed by atoms with Gasteiger partial charge in [-0.15, -0.1) is 11.3 Å². The molecule has 90 valence electrons. The van der Waals surface area contributed by atoms with Gasteiger partial charge in [-0.25, -0.2) is 0 Å². The van der Waals surface area contributed by atoms with Gasteiger partial charge in [-0.2, -0.15) is 0 Å². The third-order valence-corrected chi connectivity index (χ3v) is 4.88. The second-order valence-electron chi connectivity index (χ2n) is 5.43. The van der Waals surface area contributed by atoms with E-state index in [0.29, 0.717) is 5.41 Å². The average molecular weight is 302 g/mol. The second-order valence-corrected chi connectivity index (χ2v) is 7.34. The van der Waals surface area contributed by atoms with E-state index >= 15 is 0 Å². The molecule has 0 amide bonds. The van der Waals surface area contributed by atoms with E-state index < -0.39 is 0 Å². The van der Waals surface area contributed by atoms with Gasteiger partial charge in [0.25, 0.3) is 0 Å². The molecule has 3 heteroatoms. The molecule has 1 aromatic heterocycles. The van der Waals surface area contributed by atoms with E-state index in [1.165, 1.54) is 35.2 Å². The average Bonchev–Trinajstić information content (AvgIpc) is 2.82. The van der Waals surface area contributed by atoms with Gasteiger partial charge in [0.2, 0.25) is 0 Å². The third kappa shape index (κ3) is 3.57. The second kappa shape index (κ2) is 5.19. The number of thiophene rings is 1. The Kier molecular flexibility index (Phi) is 4.09. The lowest BCUT2D eigenvalue weighted by Crippen LogP contribution is -2.28. The van der Waals surface area contributed by atoms with Gasteiger partial charge in [0.15, 0.2) is 0 Å². The monoisotopic (exact) mass is 301 g/mol. The Hall–Kier alpha value is 0.140. The van der Waals surface area contributed by atoms with Gasteiger partial charge in [-0.1, -0.05) is 13.8 Å². The Bertz CT molecular complexity index is 341. The lowest BCUT2D eigenvalue weighted by molar-refractivity contribution is 0.434. The van der Waals surface area contributed by atoms with E-state index in [2.05, 4.69) is 46.5 Å². The van der Waals surface area contributed by atoms with E-state index in [9.17, 15) is 0 Å². The van der Waals surface area contributed by atoms with Gasteiger partial charge in [-0.05, 0) is 59.1 Å². The van der Waals surface area contributed by atoms with Gasteiger partial charge >= 0.3 is 0 Å². The molecule has 1 aromatic rings. The van der Waals surface area contributed by atoms with Crippen LogP contribution in [0.25, 0.3) is 0 Å². The van der Waals surface area contributed by atoms with Crippen LogP contribution in [0.4, 0.5) is 0 Å². The number of halogens is 1. The molecule has 0 radical (unpaired) electrons. The minimum absolute atomic E-state index is 0.583. The highest BCUT2D eigenvalue weighted by Gasteiger charge is 2.42. The van der Waals surface area contributed by atoms with E-state index in [1.807, 2.05) is 11.3 Å². The molecule has 1 heterocycles. The van der Waals surface area contributed by atoms with Crippen molar-refractivity contribution in [3.8, 4) is 0 Å². The summed E-state index contributed by atoms with van der Waals surface area (Å²) in [5.74, 6) is 0.756. The molecule has 0 saturated heterocycles. The summed E-state index contributed by atoms with van der Waals surface area (Å²) in [6.07, 6.45) is 4.05. The Morgan fingerprint density at radius 2 is 2.25 bits per heavy atom. The van der Waals surface area contributed by atoms with Crippen molar-refractivity contribution in [1.29, 1.82) is 0 Å². The fraction of sp³-hybridized carbons (Fsp3) is 0.692. The largest absolute Gasteiger partial charge is 0.316 e. The van der Waals surface area contributed by atoms with Gasteiger partial charge in [-0.3, -0.25) is 0 Å². The van der Waals surface area contributed by atoms with Crippen molar-refractivity contribution in [2.45, 2.75) is 33.1 Å². The highest BCUT2D eigenvalue weighted by atomic mass is 79.9. The Balaban J connectivity index is 1.80. The quantitative estimate of drug-likeness (QED) is 0.835. The first-order valence-corrected chi connectivity index (χ1v) is 7.71. The fourth-order valence-corrected chi connectivity index (χ4v) is 3.66. The smallest absolute Gasteiger partial charge is 0.0285 e. The molecule has 1 aliphatic carbocycles. The third-order valence-electron chi connectivity index (χ3n) is 3.18. The first kappa shape index (κ1) is 12.6. The fourth-order valence-electron chi connectivity index (χ4n) is 2.03. The van der Waals surface area contributed by atoms with Crippen LogP contribution in [0.1, 0.15) is 31.6 Å². The molecule has 2 rings (SSSR count). The molecule has 0 aromatic carbocycles. The summed E-state index contributed by atoms with van der Waals surface area (Å²) in [5, 5.41) is 5.80. The van der Waals surface area contributed by atoms with Gasteiger partial charge in [0.05, 0.1) is 0 Å². The summed E-state index contributed by atoms with van der Waals surface area (Å²) in [4.78, 5) is 1.52. The summed E-state index contributed by atoms with van der Waals surface area (Å²) in [7, 11) is 0. The molecule has 0 spiro atoms. The Morgan fingerprint density at radius 3 is 2.75 bits per heavy atom. The van der Waals surface area contributed by atoms with Crippen molar-refractivity contribution < 1.29 is 0 Å². The normalized spacial score (nSPS) is 18.0. The molecule has 16 heavy (non-hydrogen) atoms. The standard InChI is InChI=1S/C13H20BrNS/c1-10(2)7-15-9-13(3-4-13)6-12-5-11(14)8-16-12/h5,8,10,15H,3-4,6-7,9H2,1-2H3. The van der Waals surface area contributed by atoms with Crippen LogP contribution in [0.15, 0.2) is 15.9 Å². The highest BCUT2D eigenvalue weighted by molar-refractivity contribution is 9.10. The molecule has 1 N–H and O–H groups in total. The van der Waals surface area contributed by atoms with Gasteiger partial charge in [0.1, 0.15) is 0 Å². The van der Waals surface area contributed by atoms with Crippen molar-refractivity contribution in [2.75, 3.05) is 13.1 Å². The van der Waals surface area contributed by atoms with Gasteiger partial charge in [0, 0.05) is 21.3 Å².